The molecule has 0 unspecified atom stereocenters. The average Bonchev–Trinajstić information content (AvgIpc) is 4.11. The fraction of sp³-hybridized carbons (Fsp3) is 0.0164. The second kappa shape index (κ2) is 13.7. The van der Waals surface area contributed by atoms with E-state index >= 15 is 0 Å². The second-order valence-electron chi connectivity index (χ2n) is 17.2. The van der Waals surface area contributed by atoms with E-state index < -0.39 is 5.41 Å². The molecule has 0 bridgehead atoms. The Hall–Kier alpha value is -8.60. The number of anilines is 3. The normalized spacial score (nSPS) is 13.0. The van der Waals surface area contributed by atoms with E-state index in [9.17, 15) is 0 Å². The van der Waals surface area contributed by atoms with Crippen LogP contribution in [0.15, 0.2) is 239 Å². The van der Waals surface area contributed by atoms with E-state index in [2.05, 4.69) is 216 Å². The summed E-state index contributed by atoms with van der Waals surface area (Å²) in [5.74, 6) is 0. The summed E-state index contributed by atoms with van der Waals surface area (Å²) in [5.41, 5.74) is 17.0. The molecule has 0 saturated heterocycles. The van der Waals surface area contributed by atoms with Gasteiger partial charge in [0, 0.05) is 61.0 Å². The quantitative estimate of drug-likeness (QED) is 0.167. The van der Waals surface area contributed by atoms with Crippen molar-refractivity contribution < 1.29 is 8.83 Å². The number of hydrogen-bond donors (Lipinski definition) is 0. The third-order valence-corrected chi connectivity index (χ3v) is 13.8. The van der Waals surface area contributed by atoms with E-state index in [4.69, 9.17) is 8.83 Å². The summed E-state index contributed by atoms with van der Waals surface area (Å²) in [5, 5.41) is 6.73. The minimum absolute atomic E-state index is 0.565. The lowest BCUT2D eigenvalue weighted by atomic mass is 9.67. The van der Waals surface area contributed by atoms with Crippen LogP contribution in [0.5, 0.6) is 0 Å². The van der Waals surface area contributed by atoms with E-state index in [1.807, 2.05) is 24.3 Å². The lowest BCUT2D eigenvalue weighted by molar-refractivity contribution is 0.668. The van der Waals surface area contributed by atoms with Gasteiger partial charge in [0.15, 0.2) is 0 Å². The lowest BCUT2D eigenvalue weighted by Crippen LogP contribution is -2.29. The predicted octanol–water partition coefficient (Wildman–Crippen LogP) is 16.4. The molecule has 10 aromatic carbocycles. The molecule has 0 spiro atoms. The molecule has 304 valence electrons. The van der Waals surface area contributed by atoms with Crippen LogP contribution in [0.3, 0.4) is 0 Å². The maximum absolute atomic E-state index is 6.51. The average molecular weight is 831 g/mol. The second-order valence-corrected chi connectivity index (χ2v) is 17.2. The van der Waals surface area contributed by atoms with Gasteiger partial charge in [-0.3, -0.25) is 0 Å². The molecule has 4 nitrogen and oxygen atoms in total. The molecule has 3 heterocycles. The molecule has 13 aromatic rings. The van der Waals surface area contributed by atoms with Gasteiger partial charge >= 0.3 is 0 Å². The number of aromatic nitrogens is 1. The van der Waals surface area contributed by atoms with Gasteiger partial charge in [0.05, 0.1) is 22.1 Å². The molecular formula is C61H38N2O2. The standard InChI is InChI=1S/C61H38N2O2/c1-3-16-39(17-4-1)61(40-18-5-2-6-19-40)52-25-11-7-20-44(52)49-24-15-27-55(60(49)61)63-53-26-12-8-21-45(53)50-36-41(31-34-54(50)63)62(42-32-35-58-51(37-42)47-23-10-14-29-57(47)64-58)43-30-33-48-46-22-9-13-28-56(46)65-59(48)38-43/h1-38H. The smallest absolute Gasteiger partial charge is 0.137 e. The van der Waals surface area contributed by atoms with Gasteiger partial charge in [-0.05, 0) is 101 Å². The Bertz CT molecular complexity index is 3980. The van der Waals surface area contributed by atoms with Crippen molar-refractivity contribution in [2.24, 2.45) is 0 Å². The minimum atomic E-state index is -0.565. The number of benzene rings is 10. The van der Waals surface area contributed by atoms with E-state index in [0.717, 1.165) is 77.7 Å². The summed E-state index contributed by atoms with van der Waals surface area (Å²) in [4.78, 5) is 2.35. The zero-order chi connectivity index (χ0) is 42.6. The van der Waals surface area contributed by atoms with Gasteiger partial charge in [0.2, 0.25) is 0 Å². The van der Waals surface area contributed by atoms with Crippen LogP contribution in [-0.2, 0) is 5.41 Å². The summed E-state index contributed by atoms with van der Waals surface area (Å²) >= 11 is 0. The summed E-state index contributed by atoms with van der Waals surface area (Å²) in [6, 6.07) is 83.5. The largest absolute Gasteiger partial charge is 0.456 e. The van der Waals surface area contributed by atoms with Crippen molar-refractivity contribution in [2.45, 2.75) is 5.41 Å². The molecule has 0 saturated carbocycles. The highest BCUT2D eigenvalue weighted by molar-refractivity contribution is 6.12. The number of para-hydroxylation sites is 3. The minimum Gasteiger partial charge on any atom is -0.456 e. The molecule has 0 amide bonds. The van der Waals surface area contributed by atoms with Crippen LogP contribution in [0.1, 0.15) is 22.3 Å². The maximum Gasteiger partial charge on any atom is 0.137 e. The Morgan fingerprint density at radius 2 is 0.862 bits per heavy atom. The summed E-state index contributed by atoms with van der Waals surface area (Å²) in [7, 11) is 0. The highest BCUT2D eigenvalue weighted by Gasteiger charge is 2.48. The molecular weight excluding hydrogens is 793 g/mol. The highest BCUT2D eigenvalue weighted by atomic mass is 16.3. The molecule has 14 rings (SSSR count). The first-order valence-electron chi connectivity index (χ1n) is 22.2. The predicted molar refractivity (Wildman–Crippen MR) is 267 cm³/mol. The number of fused-ring (bicyclic) bond motifs is 12. The van der Waals surface area contributed by atoms with Gasteiger partial charge in [0.25, 0.3) is 0 Å². The number of nitrogens with zero attached hydrogens (tertiary/aromatic N) is 2. The molecule has 0 fully saturated rings. The number of hydrogen-bond acceptors (Lipinski definition) is 3. The van der Waals surface area contributed by atoms with Gasteiger partial charge < -0.3 is 18.3 Å². The van der Waals surface area contributed by atoms with Crippen molar-refractivity contribution in [3.05, 3.63) is 253 Å². The third-order valence-electron chi connectivity index (χ3n) is 13.8. The van der Waals surface area contributed by atoms with Gasteiger partial charge in [-0.25, -0.2) is 0 Å². The van der Waals surface area contributed by atoms with E-state index in [1.165, 1.54) is 44.2 Å². The first kappa shape index (κ1) is 35.9. The monoisotopic (exact) mass is 830 g/mol. The molecule has 4 heteroatoms. The number of furan rings is 2. The Labute approximate surface area is 374 Å². The molecule has 1 aliphatic carbocycles. The van der Waals surface area contributed by atoms with Crippen LogP contribution in [0.2, 0.25) is 0 Å². The molecule has 0 N–H and O–H groups in total. The molecule has 0 aliphatic heterocycles. The van der Waals surface area contributed by atoms with Crippen LogP contribution in [-0.4, -0.2) is 4.57 Å². The van der Waals surface area contributed by atoms with Gasteiger partial charge in [-0.2, -0.15) is 0 Å². The van der Waals surface area contributed by atoms with Crippen molar-refractivity contribution in [1.82, 2.24) is 4.57 Å². The van der Waals surface area contributed by atoms with Gasteiger partial charge in [-0.15, -0.1) is 0 Å². The first-order valence-corrected chi connectivity index (χ1v) is 22.2. The topological polar surface area (TPSA) is 34.5 Å². The van der Waals surface area contributed by atoms with Crippen molar-refractivity contribution in [3.63, 3.8) is 0 Å². The molecule has 1 aliphatic rings. The molecule has 65 heavy (non-hydrogen) atoms. The van der Waals surface area contributed by atoms with Crippen molar-refractivity contribution >= 4 is 82.7 Å². The SMILES string of the molecule is c1ccc(C2(c3ccccc3)c3ccccc3-c3cccc(-n4c5ccccc5c5cc(N(c6ccc7c(c6)oc6ccccc67)c6ccc7oc8ccccc8c7c6)ccc54)c32)cc1. The summed E-state index contributed by atoms with van der Waals surface area (Å²) in [6.45, 7) is 0. The van der Waals surface area contributed by atoms with Crippen LogP contribution in [0.25, 0.3) is 82.5 Å². The Balaban J connectivity index is 1.03. The van der Waals surface area contributed by atoms with Crippen molar-refractivity contribution in [1.29, 1.82) is 0 Å². The van der Waals surface area contributed by atoms with E-state index in [-0.39, 0.29) is 0 Å². The zero-order valence-corrected chi connectivity index (χ0v) is 35.2. The Morgan fingerprint density at radius 3 is 1.63 bits per heavy atom. The van der Waals surface area contributed by atoms with Gasteiger partial charge in [-0.1, -0.05) is 152 Å². The number of rotatable bonds is 6. The maximum atomic E-state index is 6.51. The Kier molecular flexibility index (Phi) is 7.57. The third kappa shape index (κ3) is 5.08. The van der Waals surface area contributed by atoms with Crippen LogP contribution < -0.4 is 4.90 Å². The van der Waals surface area contributed by atoms with Crippen LogP contribution >= 0.6 is 0 Å². The highest BCUT2D eigenvalue weighted by Crippen LogP contribution is 2.58. The zero-order valence-electron chi connectivity index (χ0n) is 35.2. The molecule has 0 radical (unpaired) electrons. The molecule has 3 aromatic heterocycles. The lowest BCUT2D eigenvalue weighted by Gasteiger charge is -2.35. The first-order chi connectivity index (χ1) is 32.2. The van der Waals surface area contributed by atoms with E-state index in [0.29, 0.717) is 0 Å². The van der Waals surface area contributed by atoms with Crippen molar-refractivity contribution in [2.75, 3.05) is 4.90 Å². The van der Waals surface area contributed by atoms with Gasteiger partial charge in [0.1, 0.15) is 22.3 Å². The fourth-order valence-electron chi connectivity index (χ4n) is 11.2. The van der Waals surface area contributed by atoms with E-state index in [1.54, 1.807) is 0 Å². The molecule has 0 atom stereocenters. The van der Waals surface area contributed by atoms with Crippen LogP contribution in [0.4, 0.5) is 17.1 Å². The summed E-state index contributed by atoms with van der Waals surface area (Å²) < 4.78 is 15.3. The fourth-order valence-corrected chi connectivity index (χ4v) is 11.2. The summed E-state index contributed by atoms with van der Waals surface area (Å²) in [6.07, 6.45) is 0. The Morgan fingerprint density at radius 1 is 0.338 bits per heavy atom. The van der Waals surface area contributed by atoms with Crippen molar-refractivity contribution in [3.8, 4) is 16.8 Å². The van der Waals surface area contributed by atoms with Crippen LogP contribution in [0, 0.1) is 0 Å².